The van der Waals surface area contributed by atoms with Crippen LogP contribution in [0.15, 0.2) is 30.3 Å². The van der Waals surface area contributed by atoms with Gasteiger partial charge in [0.05, 0.1) is 0 Å². The van der Waals surface area contributed by atoms with Gasteiger partial charge >= 0.3 is 0 Å². The second-order valence-electron chi connectivity index (χ2n) is 4.43. The Balaban J connectivity index is 2.04. The Morgan fingerprint density at radius 3 is 2.57 bits per heavy atom. The Labute approximate surface area is 94.8 Å². The molecule has 1 aliphatic rings. The monoisotopic (exact) mass is 252 g/mol. The van der Waals surface area contributed by atoms with Crippen LogP contribution in [0.3, 0.4) is 0 Å². The van der Waals surface area contributed by atoms with E-state index in [-0.39, 0.29) is 0 Å². The zero-order valence-corrected chi connectivity index (χ0v) is 10.3. The summed E-state index contributed by atoms with van der Waals surface area (Å²) >= 11 is 3.61. The van der Waals surface area contributed by atoms with E-state index in [0.717, 1.165) is 5.92 Å². The van der Waals surface area contributed by atoms with Crippen LogP contribution >= 0.6 is 15.9 Å². The highest BCUT2D eigenvalue weighted by atomic mass is 79.9. The van der Waals surface area contributed by atoms with Crippen molar-refractivity contribution >= 4 is 15.9 Å². The fourth-order valence-electron chi connectivity index (χ4n) is 2.43. The van der Waals surface area contributed by atoms with Crippen LogP contribution in [0.25, 0.3) is 0 Å². The Morgan fingerprint density at radius 1 is 1.36 bits per heavy atom. The highest BCUT2D eigenvalue weighted by Crippen LogP contribution is 2.57. The quantitative estimate of drug-likeness (QED) is 0.710. The summed E-state index contributed by atoms with van der Waals surface area (Å²) < 4.78 is 0. The van der Waals surface area contributed by atoms with E-state index in [1.54, 1.807) is 0 Å². The molecular formula is C13H17Br. The summed E-state index contributed by atoms with van der Waals surface area (Å²) in [6, 6.07) is 10.9. The highest BCUT2D eigenvalue weighted by Gasteiger charge is 2.51. The average molecular weight is 253 g/mol. The lowest BCUT2D eigenvalue weighted by Crippen LogP contribution is -2.07. The zero-order chi connectivity index (χ0) is 10.0. The van der Waals surface area contributed by atoms with Crippen molar-refractivity contribution in [3.05, 3.63) is 35.9 Å². The molecule has 0 radical (unpaired) electrons. The highest BCUT2D eigenvalue weighted by molar-refractivity contribution is 9.09. The van der Waals surface area contributed by atoms with Crippen LogP contribution in [0.2, 0.25) is 0 Å². The van der Waals surface area contributed by atoms with Crippen molar-refractivity contribution in [1.82, 2.24) is 0 Å². The molecule has 1 aromatic rings. The number of alkyl halides is 1. The number of halogens is 1. The molecule has 2 atom stereocenters. The van der Waals surface area contributed by atoms with Gasteiger partial charge in [-0.2, -0.15) is 0 Å². The van der Waals surface area contributed by atoms with Crippen molar-refractivity contribution in [2.24, 2.45) is 11.3 Å². The predicted molar refractivity (Wildman–Crippen MR) is 64.8 cm³/mol. The SMILES string of the molecule is CCC1(Cc2ccccc2)CC1CBr. The molecule has 0 heterocycles. The summed E-state index contributed by atoms with van der Waals surface area (Å²) in [7, 11) is 0. The van der Waals surface area contributed by atoms with Gasteiger partial charge in [0, 0.05) is 5.33 Å². The van der Waals surface area contributed by atoms with E-state index in [4.69, 9.17) is 0 Å². The molecule has 76 valence electrons. The molecule has 1 heteroatoms. The van der Waals surface area contributed by atoms with Gasteiger partial charge in [-0.1, -0.05) is 53.2 Å². The molecule has 0 aliphatic heterocycles. The van der Waals surface area contributed by atoms with Crippen molar-refractivity contribution in [2.75, 3.05) is 5.33 Å². The summed E-state index contributed by atoms with van der Waals surface area (Å²) in [4.78, 5) is 0. The third-order valence-corrected chi connectivity index (χ3v) is 4.43. The van der Waals surface area contributed by atoms with E-state index in [2.05, 4.69) is 53.2 Å². The lowest BCUT2D eigenvalue weighted by molar-refractivity contribution is 0.450. The van der Waals surface area contributed by atoms with Crippen LogP contribution in [-0.2, 0) is 6.42 Å². The maximum atomic E-state index is 3.61. The topological polar surface area (TPSA) is 0 Å². The van der Waals surface area contributed by atoms with Gasteiger partial charge in [-0.15, -0.1) is 0 Å². The molecule has 14 heavy (non-hydrogen) atoms. The Bertz CT molecular complexity index is 293. The van der Waals surface area contributed by atoms with Crippen LogP contribution in [0.1, 0.15) is 25.3 Å². The first-order valence-electron chi connectivity index (χ1n) is 5.40. The lowest BCUT2D eigenvalue weighted by Gasteiger charge is -2.14. The van der Waals surface area contributed by atoms with E-state index in [0.29, 0.717) is 5.41 Å². The second kappa shape index (κ2) is 4.06. The van der Waals surface area contributed by atoms with E-state index < -0.39 is 0 Å². The van der Waals surface area contributed by atoms with Gasteiger partial charge in [0.2, 0.25) is 0 Å². The summed E-state index contributed by atoms with van der Waals surface area (Å²) in [6.07, 6.45) is 3.99. The second-order valence-corrected chi connectivity index (χ2v) is 5.08. The standard InChI is InChI=1S/C13H17Br/c1-2-13(9-12(13)10-14)8-11-6-4-3-5-7-11/h3-7,12H,2,8-10H2,1H3. The summed E-state index contributed by atoms with van der Waals surface area (Å²) in [5.74, 6) is 0.910. The van der Waals surface area contributed by atoms with Crippen molar-refractivity contribution in [3.8, 4) is 0 Å². The fraction of sp³-hybridized carbons (Fsp3) is 0.538. The van der Waals surface area contributed by atoms with E-state index in [1.807, 2.05) is 0 Å². The van der Waals surface area contributed by atoms with Gasteiger partial charge in [-0.05, 0) is 36.2 Å². The largest absolute Gasteiger partial charge is 0.0925 e. The van der Waals surface area contributed by atoms with Gasteiger partial charge < -0.3 is 0 Å². The van der Waals surface area contributed by atoms with Crippen molar-refractivity contribution < 1.29 is 0 Å². The third-order valence-electron chi connectivity index (χ3n) is 3.65. The van der Waals surface area contributed by atoms with Gasteiger partial charge in [-0.25, -0.2) is 0 Å². The molecule has 0 N–H and O–H groups in total. The predicted octanol–water partition coefficient (Wildman–Crippen LogP) is 4.04. The number of hydrogen-bond donors (Lipinski definition) is 0. The third kappa shape index (κ3) is 1.88. The van der Waals surface area contributed by atoms with Crippen molar-refractivity contribution in [1.29, 1.82) is 0 Å². The smallest absolute Gasteiger partial charge is 0.00652 e. The van der Waals surface area contributed by atoms with Crippen LogP contribution < -0.4 is 0 Å². The van der Waals surface area contributed by atoms with Gasteiger partial charge in [0.15, 0.2) is 0 Å². The first-order valence-corrected chi connectivity index (χ1v) is 6.53. The molecule has 1 saturated carbocycles. The molecule has 1 aliphatic carbocycles. The zero-order valence-electron chi connectivity index (χ0n) is 8.67. The van der Waals surface area contributed by atoms with Crippen LogP contribution in [0.4, 0.5) is 0 Å². The van der Waals surface area contributed by atoms with Crippen LogP contribution in [0.5, 0.6) is 0 Å². The number of hydrogen-bond acceptors (Lipinski definition) is 0. The fourth-order valence-corrected chi connectivity index (χ4v) is 3.34. The van der Waals surface area contributed by atoms with E-state index >= 15 is 0 Å². The summed E-state index contributed by atoms with van der Waals surface area (Å²) in [5.41, 5.74) is 2.11. The molecule has 0 amide bonds. The molecule has 0 nitrogen and oxygen atoms in total. The lowest BCUT2D eigenvalue weighted by atomic mass is 9.92. The summed E-state index contributed by atoms with van der Waals surface area (Å²) in [5, 5.41) is 1.17. The maximum Gasteiger partial charge on any atom is 0.00652 e. The van der Waals surface area contributed by atoms with Gasteiger partial charge in [-0.3, -0.25) is 0 Å². The van der Waals surface area contributed by atoms with E-state index in [1.165, 1.54) is 30.2 Å². The molecular weight excluding hydrogens is 236 g/mol. The molecule has 1 fully saturated rings. The average Bonchev–Trinajstić information content (AvgIpc) is 2.94. The molecule has 2 unspecified atom stereocenters. The van der Waals surface area contributed by atoms with Gasteiger partial charge in [0.25, 0.3) is 0 Å². The first-order chi connectivity index (χ1) is 6.80. The molecule has 0 saturated heterocycles. The molecule has 1 aromatic carbocycles. The minimum absolute atomic E-state index is 0.616. The van der Waals surface area contributed by atoms with E-state index in [9.17, 15) is 0 Å². The molecule has 2 rings (SSSR count). The number of benzene rings is 1. The Kier molecular flexibility index (Phi) is 2.96. The Morgan fingerprint density at radius 2 is 2.07 bits per heavy atom. The van der Waals surface area contributed by atoms with Crippen LogP contribution in [-0.4, -0.2) is 5.33 Å². The van der Waals surface area contributed by atoms with Gasteiger partial charge in [0.1, 0.15) is 0 Å². The van der Waals surface area contributed by atoms with Crippen LogP contribution in [0, 0.1) is 11.3 Å². The Hall–Kier alpha value is -0.300. The minimum Gasteiger partial charge on any atom is -0.0925 e. The summed E-state index contributed by atoms with van der Waals surface area (Å²) in [6.45, 7) is 2.33. The number of rotatable bonds is 4. The molecule has 0 spiro atoms. The first kappa shape index (κ1) is 10.2. The normalized spacial score (nSPS) is 30.3. The van der Waals surface area contributed by atoms with Crippen molar-refractivity contribution in [3.63, 3.8) is 0 Å². The molecule has 0 aromatic heterocycles. The van der Waals surface area contributed by atoms with Crippen molar-refractivity contribution in [2.45, 2.75) is 26.2 Å². The molecule has 0 bridgehead atoms. The minimum atomic E-state index is 0.616. The maximum absolute atomic E-state index is 3.61.